The predicted octanol–water partition coefficient (Wildman–Crippen LogP) is 2.49. The highest BCUT2D eigenvalue weighted by Gasteiger charge is 2.31. The van der Waals surface area contributed by atoms with E-state index in [9.17, 15) is 18.0 Å². The summed E-state index contributed by atoms with van der Waals surface area (Å²) in [5.41, 5.74) is 0.0665. The normalized spacial score (nSPS) is 21.1. The summed E-state index contributed by atoms with van der Waals surface area (Å²) in [7, 11) is 0. The smallest absolute Gasteiger partial charge is 0.352 e. The van der Waals surface area contributed by atoms with Crippen molar-refractivity contribution in [1.29, 1.82) is 0 Å². The van der Waals surface area contributed by atoms with Crippen LogP contribution in [0.25, 0.3) is 0 Å². The zero-order valence-corrected chi connectivity index (χ0v) is 14.4. The number of hydrogen-bond donors (Lipinski definition) is 1. The number of carbonyl (C=O) groups excluding carboxylic acids is 1. The van der Waals surface area contributed by atoms with Crippen molar-refractivity contribution in [2.75, 3.05) is 26.2 Å². The molecule has 1 aromatic rings. The van der Waals surface area contributed by atoms with Crippen LogP contribution < -0.4 is 5.32 Å². The Labute approximate surface area is 146 Å². The third kappa shape index (κ3) is 4.95. The molecule has 1 aromatic carbocycles. The van der Waals surface area contributed by atoms with Crippen molar-refractivity contribution in [3.8, 4) is 0 Å². The monoisotopic (exact) mass is 355 g/mol. The highest BCUT2D eigenvalue weighted by Crippen LogP contribution is 2.29. The molecule has 7 heteroatoms. The number of nitrogens with one attached hydrogen (secondary N) is 1. The molecule has 4 nitrogen and oxygen atoms in total. The second kappa shape index (κ2) is 7.33. The van der Waals surface area contributed by atoms with E-state index in [0.29, 0.717) is 18.2 Å². The maximum atomic E-state index is 12.8. The Bertz CT molecular complexity index is 608. The fraction of sp³-hybridized carbons (Fsp3) is 0.611. The lowest BCUT2D eigenvalue weighted by molar-refractivity contribution is -0.137. The van der Waals surface area contributed by atoms with E-state index in [4.69, 9.17) is 0 Å². The first-order chi connectivity index (χ1) is 11.8. The molecule has 138 valence electrons. The SMILES string of the molecule is CC(C(=O)NC1CC1)N1CCN(Cc2cccc(C(F)(F)F)c2)CC1. The number of halogens is 3. The van der Waals surface area contributed by atoms with E-state index in [0.717, 1.165) is 45.1 Å². The van der Waals surface area contributed by atoms with Crippen LogP contribution >= 0.6 is 0 Å². The van der Waals surface area contributed by atoms with E-state index in [1.54, 1.807) is 6.07 Å². The van der Waals surface area contributed by atoms with Crippen LogP contribution in [0, 0.1) is 0 Å². The van der Waals surface area contributed by atoms with Gasteiger partial charge in [-0.3, -0.25) is 14.6 Å². The highest BCUT2D eigenvalue weighted by molar-refractivity contribution is 5.81. The van der Waals surface area contributed by atoms with Gasteiger partial charge in [-0.05, 0) is 31.4 Å². The Kier molecular flexibility index (Phi) is 5.34. The van der Waals surface area contributed by atoms with Gasteiger partial charge in [0.25, 0.3) is 0 Å². The zero-order chi connectivity index (χ0) is 18.0. The number of alkyl halides is 3. The Hall–Kier alpha value is -1.60. The first-order valence-electron chi connectivity index (χ1n) is 8.76. The van der Waals surface area contributed by atoms with Gasteiger partial charge in [0.15, 0.2) is 0 Å². The van der Waals surface area contributed by atoms with Crippen LogP contribution in [-0.4, -0.2) is 54.0 Å². The summed E-state index contributed by atoms with van der Waals surface area (Å²) < 4.78 is 38.4. The van der Waals surface area contributed by atoms with Crippen LogP contribution in [0.3, 0.4) is 0 Å². The van der Waals surface area contributed by atoms with E-state index in [-0.39, 0.29) is 11.9 Å². The number of hydrogen-bond acceptors (Lipinski definition) is 3. The average Bonchev–Trinajstić information content (AvgIpc) is 3.38. The van der Waals surface area contributed by atoms with Crippen molar-refractivity contribution >= 4 is 5.91 Å². The lowest BCUT2D eigenvalue weighted by Gasteiger charge is -2.37. The van der Waals surface area contributed by atoms with Crippen LogP contribution in [0.1, 0.15) is 30.9 Å². The van der Waals surface area contributed by atoms with Gasteiger partial charge in [-0.15, -0.1) is 0 Å². The maximum Gasteiger partial charge on any atom is 0.416 e. The summed E-state index contributed by atoms with van der Waals surface area (Å²) >= 11 is 0. The Morgan fingerprint density at radius 3 is 2.52 bits per heavy atom. The molecule has 1 atom stereocenters. The molecule has 0 spiro atoms. The molecule has 25 heavy (non-hydrogen) atoms. The van der Waals surface area contributed by atoms with Crippen LogP contribution in [0.2, 0.25) is 0 Å². The Morgan fingerprint density at radius 1 is 1.24 bits per heavy atom. The number of amides is 1. The molecular weight excluding hydrogens is 331 g/mol. The molecule has 0 aromatic heterocycles. The number of piperazine rings is 1. The van der Waals surface area contributed by atoms with E-state index in [2.05, 4.69) is 15.1 Å². The van der Waals surface area contributed by atoms with Crippen LogP contribution in [0.5, 0.6) is 0 Å². The molecule has 0 radical (unpaired) electrons. The van der Waals surface area contributed by atoms with Gasteiger partial charge in [0.05, 0.1) is 11.6 Å². The summed E-state index contributed by atoms with van der Waals surface area (Å²) in [5.74, 6) is 0.0776. The highest BCUT2D eigenvalue weighted by atomic mass is 19.4. The first-order valence-corrected chi connectivity index (χ1v) is 8.76. The molecule has 0 bridgehead atoms. The second-order valence-corrected chi connectivity index (χ2v) is 6.97. The van der Waals surface area contributed by atoms with Crippen LogP contribution in [-0.2, 0) is 17.5 Å². The van der Waals surface area contributed by atoms with Crippen LogP contribution in [0.4, 0.5) is 13.2 Å². The Morgan fingerprint density at radius 2 is 1.92 bits per heavy atom. The van der Waals surface area contributed by atoms with Gasteiger partial charge in [0.2, 0.25) is 5.91 Å². The molecule has 1 saturated carbocycles. The van der Waals surface area contributed by atoms with Crippen molar-refractivity contribution in [1.82, 2.24) is 15.1 Å². The van der Waals surface area contributed by atoms with Crippen LogP contribution in [0.15, 0.2) is 24.3 Å². The summed E-state index contributed by atoms with van der Waals surface area (Å²) in [5, 5.41) is 3.02. The quantitative estimate of drug-likeness (QED) is 0.882. The Balaban J connectivity index is 1.50. The number of nitrogens with zero attached hydrogens (tertiary/aromatic N) is 2. The fourth-order valence-electron chi connectivity index (χ4n) is 3.13. The maximum absolute atomic E-state index is 12.8. The molecular formula is C18H24F3N3O. The van der Waals surface area contributed by atoms with Gasteiger partial charge >= 0.3 is 6.18 Å². The van der Waals surface area contributed by atoms with Gasteiger partial charge in [-0.1, -0.05) is 18.2 Å². The van der Waals surface area contributed by atoms with Gasteiger partial charge in [-0.25, -0.2) is 0 Å². The molecule has 1 N–H and O–H groups in total. The number of rotatable bonds is 5. The average molecular weight is 355 g/mol. The zero-order valence-electron chi connectivity index (χ0n) is 14.4. The number of carbonyl (C=O) groups is 1. The third-order valence-corrected chi connectivity index (χ3v) is 4.92. The van der Waals surface area contributed by atoms with Gasteiger partial charge < -0.3 is 5.32 Å². The number of benzene rings is 1. The molecule has 1 aliphatic carbocycles. The van der Waals surface area contributed by atoms with E-state index in [1.807, 2.05) is 6.92 Å². The third-order valence-electron chi connectivity index (χ3n) is 4.92. The first kappa shape index (κ1) is 18.2. The van der Waals surface area contributed by atoms with Crippen molar-refractivity contribution in [2.24, 2.45) is 0 Å². The van der Waals surface area contributed by atoms with Crippen molar-refractivity contribution in [3.63, 3.8) is 0 Å². The minimum Gasteiger partial charge on any atom is -0.352 e. The molecule has 2 fully saturated rings. The standard InChI is InChI=1S/C18H24F3N3O/c1-13(17(25)22-16-5-6-16)24-9-7-23(8-10-24)12-14-3-2-4-15(11-14)18(19,20)21/h2-4,11,13,16H,5-10,12H2,1H3,(H,22,25). The molecule has 1 amide bonds. The molecule has 1 saturated heterocycles. The van der Waals surface area contributed by atoms with E-state index in [1.165, 1.54) is 12.1 Å². The van der Waals surface area contributed by atoms with Crippen molar-refractivity contribution < 1.29 is 18.0 Å². The van der Waals surface area contributed by atoms with Gasteiger partial charge in [0, 0.05) is 38.8 Å². The van der Waals surface area contributed by atoms with Crippen molar-refractivity contribution in [2.45, 2.75) is 44.6 Å². The van der Waals surface area contributed by atoms with E-state index >= 15 is 0 Å². The molecule has 3 rings (SSSR count). The summed E-state index contributed by atoms with van der Waals surface area (Å²) in [6.07, 6.45) is -2.16. The molecule has 1 unspecified atom stereocenters. The van der Waals surface area contributed by atoms with E-state index < -0.39 is 11.7 Å². The minimum atomic E-state index is -4.31. The lowest BCUT2D eigenvalue weighted by atomic mass is 10.1. The molecule has 1 heterocycles. The second-order valence-electron chi connectivity index (χ2n) is 6.97. The summed E-state index contributed by atoms with van der Waals surface area (Å²) in [6, 6.07) is 5.71. The largest absolute Gasteiger partial charge is 0.416 e. The van der Waals surface area contributed by atoms with Gasteiger partial charge in [-0.2, -0.15) is 13.2 Å². The fourth-order valence-corrected chi connectivity index (χ4v) is 3.13. The van der Waals surface area contributed by atoms with Crippen molar-refractivity contribution in [3.05, 3.63) is 35.4 Å². The predicted molar refractivity (Wildman–Crippen MR) is 88.9 cm³/mol. The molecule has 2 aliphatic rings. The topological polar surface area (TPSA) is 35.6 Å². The summed E-state index contributed by atoms with van der Waals surface area (Å²) in [6.45, 7) is 5.41. The molecule has 1 aliphatic heterocycles. The summed E-state index contributed by atoms with van der Waals surface area (Å²) in [4.78, 5) is 16.4. The minimum absolute atomic E-state index is 0.0776. The van der Waals surface area contributed by atoms with Gasteiger partial charge in [0.1, 0.15) is 0 Å². The lowest BCUT2D eigenvalue weighted by Crippen LogP contribution is -2.53.